The molecular weight excluding hydrogens is 280 g/mol. The predicted molar refractivity (Wildman–Crippen MR) is 85.4 cm³/mol. The molecule has 0 radical (unpaired) electrons. The maximum atomic E-state index is 12.1. The molecule has 0 bridgehead atoms. The van der Waals surface area contributed by atoms with Crippen LogP contribution in [-0.2, 0) is 20.7 Å². The highest BCUT2D eigenvalue weighted by molar-refractivity contribution is 5.86. The predicted octanol–water partition coefficient (Wildman–Crippen LogP) is 2.41. The van der Waals surface area contributed by atoms with E-state index in [4.69, 9.17) is 4.74 Å². The van der Waals surface area contributed by atoms with Crippen LogP contribution in [0.5, 0.6) is 0 Å². The second-order valence-corrected chi connectivity index (χ2v) is 5.67. The SMILES string of the molecule is COC(=O)C(NC(=O)CCc1c[nH]c2ccccc12)C(C)C. The highest BCUT2D eigenvalue weighted by atomic mass is 16.5. The third kappa shape index (κ3) is 3.67. The number of ether oxygens (including phenoxy) is 1. The Hall–Kier alpha value is -2.30. The number of methoxy groups -OCH3 is 1. The van der Waals surface area contributed by atoms with E-state index in [-0.39, 0.29) is 11.8 Å². The summed E-state index contributed by atoms with van der Waals surface area (Å²) in [6, 6.07) is 7.39. The van der Waals surface area contributed by atoms with Crippen molar-refractivity contribution in [2.24, 2.45) is 5.92 Å². The molecule has 0 saturated carbocycles. The van der Waals surface area contributed by atoms with Crippen molar-refractivity contribution in [3.05, 3.63) is 36.0 Å². The minimum Gasteiger partial charge on any atom is -0.467 e. The Morgan fingerprint density at radius 3 is 2.68 bits per heavy atom. The summed E-state index contributed by atoms with van der Waals surface area (Å²) >= 11 is 0. The second-order valence-electron chi connectivity index (χ2n) is 5.67. The molecule has 1 atom stereocenters. The molecule has 1 heterocycles. The van der Waals surface area contributed by atoms with E-state index < -0.39 is 12.0 Å². The van der Waals surface area contributed by atoms with E-state index in [1.54, 1.807) is 0 Å². The molecule has 1 aromatic heterocycles. The van der Waals surface area contributed by atoms with Crippen LogP contribution in [0.4, 0.5) is 0 Å². The van der Waals surface area contributed by atoms with Gasteiger partial charge in [0.25, 0.3) is 0 Å². The summed E-state index contributed by atoms with van der Waals surface area (Å²) in [4.78, 5) is 26.9. The summed E-state index contributed by atoms with van der Waals surface area (Å²) in [6.07, 6.45) is 2.89. The smallest absolute Gasteiger partial charge is 0.328 e. The van der Waals surface area contributed by atoms with Gasteiger partial charge in [-0.3, -0.25) is 4.79 Å². The van der Waals surface area contributed by atoms with Gasteiger partial charge in [0.05, 0.1) is 7.11 Å². The van der Waals surface area contributed by atoms with Crippen LogP contribution in [-0.4, -0.2) is 30.0 Å². The monoisotopic (exact) mass is 302 g/mol. The molecule has 22 heavy (non-hydrogen) atoms. The number of H-pyrrole nitrogens is 1. The number of aromatic amines is 1. The van der Waals surface area contributed by atoms with Crippen molar-refractivity contribution in [1.82, 2.24) is 10.3 Å². The lowest BCUT2D eigenvalue weighted by molar-refractivity contribution is -0.146. The van der Waals surface area contributed by atoms with Crippen LogP contribution in [0.2, 0.25) is 0 Å². The molecule has 0 fully saturated rings. The fraction of sp³-hybridized carbons (Fsp3) is 0.412. The number of esters is 1. The molecule has 5 heteroatoms. The van der Waals surface area contributed by atoms with Crippen molar-refractivity contribution in [2.75, 3.05) is 7.11 Å². The lowest BCUT2D eigenvalue weighted by Crippen LogP contribution is -2.45. The largest absolute Gasteiger partial charge is 0.467 e. The highest BCUT2D eigenvalue weighted by Gasteiger charge is 2.24. The average molecular weight is 302 g/mol. The summed E-state index contributed by atoms with van der Waals surface area (Å²) in [5, 5.41) is 3.88. The van der Waals surface area contributed by atoms with Crippen LogP contribution in [0.1, 0.15) is 25.8 Å². The van der Waals surface area contributed by atoms with Gasteiger partial charge >= 0.3 is 5.97 Å². The Morgan fingerprint density at radius 1 is 1.27 bits per heavy atom. The van der Waals surface area contributed by atoms with Crippen molar-refractivity contribution in [3.63, 3.8) is 0 Å². The topological polar surface area (TPSA) is 71.2 Å². The molecule has 1 unspecified atom stereocenters. The van der Waals surface area contributed by atoms with E-state index in [0.717, 1.165) is 16.5 Å². The number of carbonyl (C=O) groups excluding carboxylic acids is 2. The van der Waals surface area contributed by atoms with Crippen molar-refractivity contribution >= 4 is 22.8 Å². The first-order valence-electron chi connectivity index (χ1n) is 7.45. The number of aryl methyl sites for hydroxylation is 1. The number of aromatic nitrogens is 1. The Labute approximate surface area is 130 Å². The number of carbonyl (C=O) groups is 2. The van der Waals surface area contributed by atoms with Crippen molar-refractivity contribution in [2.45, 2.75) is 32.7 Å². The lowest BCUT2D eigenvalue weighted by atomic mass is 10.0. The minimum atomic E-state index is -0.597. The summed E-state index contributed by atoms with van der Waals surface area (Å²) in [7, 11) is 1.33. The quantitative estimate of drug-likeness (QED) is 0.805. The van der Waals surface area contributed by atoms with Gasteiger partial charge in [0.15, 0.2) is 0 Å². The van der Waals surface area contributed by atoms with E-state index in [2.05, 4.69) is 10.3 Å². The molecule has 2 aromatic rings. The Balaban J connectivity index is 1.96. The molecule has 0 aliphatic heterocycles. The highest BCUT2D eigenvalue weighted by Crippen LogP contribution is 2.19. The van der Waals surface area contributed by atoms with Gasteiger partial charge in [-0.2, -0.15) is 0 Å². The second kappa shape index (κ2) is 7.11. The summed E-state index contributed by atoms with van der Waals surface area (Å²) in [5.74, 6) is -0.561. The number of hydrogen-bond donors (Lipinski definition) is 2. The molecule has 2 N–H and O–H groups in total. The van der Waals surface area contributed by atoms with Gasteiger partial charge in [-0.15, -0.1) is 0 Å². The van der Waals surface area contributed by atoms with Crippen LogP contribution in [0.15, 0.2) is 30.5 Å². The fourth-order valence-electron chi connectivity index (χ4n) is 2.46. The van der Waals surface area contributed by atoms with Gasteiger partial charge in [-0.1, -0.05) is 32.0 Å². The summed E-state index contributed by atoms with van der Waals surface area (Å²) < 4.78 is 4.72. The van der Waals surface area contributed by atoms with Gasteiger partial charge < -0.3 is 15.0 Å². The van der Waals surface area contributed by atoms with Gasteiger partial charge in [0, 0.05) is 23.5 Å². The van der Waals surface area contributed by atoms with Crippen LogP contribution in [0, 0.1) is 5.92 Å². The Bertz CT molecular complexity index is 661. The van der Waals surface area contributed by atoms with E-state index in [9.17, 15) is 9.59 Å². The maximum Gasteiger partial charge on any atom is 0.328 e. The van der Waals surface area contributed by atoms with Crippen molar-refractivity contribution in [1.29, 1.82) is 0 Å². The van der Waals surface area contributed by atoms with Crippen molar-refractivity contribution in [3.8, 4) is 0 Å². The molecule has 118 valence electrons. The number of hydrogen-bond acceptors (Lipinski definition) is 3. The van der Waals surface area contributed by atoms with Gasteiger partial charge in [0.1, 0.15) is 6.04 Å². The van der Waals surface area contributed by atoms with Crippen molar-refractivity contribution < 1.29 is 14.3 Å². The molecular formula is C17H22N2O3. The molecule has 2 rings (SSSR count). The van der Waals surface area contributed by atoms with Gasteiger partial charge in [-0.25, -0.2) is 4.79 Å². The zero-order chi connectivity index (χ0) is 16.1. The molecule has 0 spiro atoms. The summed E-state index contributed by atoms with van der Waals surface area (Å²) in [6.45, 7) is 3.75. The zero-order valence-electron chi connectivity index (χ0n) is 13.2. The Morgan fingerprint density at radius 2 is 2.00 bits per heavy atom. The number of fused-ring (bicyclic) bond motifs is 1. The molecule has 1 amide bonds. The van der Waals surface area contributed by atoms with Gasteiger partial charge in [-0.05, 0) is 24.0 Å². The maximum absolute atomic E-state index is 12.1. The molecule has 0 aliphatic carbocycles. The standard InChI is InChI=1S/C17H22N2O3/c1-11(2)16(17(21)22-3)19-15(20)9-8-12-10-18-14-7-5-4-6-13(12)14/h4-7,10-11,16,18H,8-9H2,1-3H3,(H,19,20). The first kappa shape index (κ1) is 16.1. The molecule has 0 saturated heterocycles. The van der Waals surface area contributed by atoms with Crippen LogP contribution >= 0.6 is 0 Å². The fourth-order valence-corrected chi connectivity index (χ4v) is 2.46. The van der Waals surface area contributed by atoms with Crippen LogP contribution in [0.25, 0.3) is 10.9 Å². The number of amides is 1. The third-order valence-electron chi connectivity index (χ3n) is 3.73. The lowest BCUT2D eigenvalue weighted by Gasteiger charge is -2.19. The van der Waals surface area contributed by atoms with E-state index >= 15 is 0 Å². The normalized spacial score (nSPS) is 12.4. The number of nitrogens with one attached hydrogen (secondary N) is 2. The molecule has 0 aliphatic rings. The summed E-state index contributed by atoms with van der Waals surface area (Å²) in [5.41, 5.74) is 2.16. The third-order valence-corrected chi connectivity index (χ3v) is 3.73. The Kier molecular flexibility index (Phi) is 5.20. The first-order valence-corrected chi connectivity index (χ1v) is 7.45. The number of para-hydroxylation sites is 1. The number of benzene rings is 1. The average Bonchev–Trinajstić information content (AvgIpc) is 2.93. The van der Waals surface area contributed by atoms with Crippen LogP contribution < -0.4 is 5.32 Å². The van der Waals surface area contributed by atoms with Gasteiger partial charge in [0.2, 0.25) is 5.91 Å². The number of rotatable bonds is 6. The van der Waals surface area contributed by atoms with Crippen LogP contribution in [0.3, 0.4) is 0 Å². The first-order chi connectivity index (χ1) is 10.5. The van der Waals surface area contributed by atoms with E-state index in [1.165, 1.54) is 7.11 Å². The van der Waals surface area contributed by atoms with E-state index in [1.807, 2.05) is 44.3 Å². The van der Waals surface area contributed by atoms with E-state index in [0.29, 0.717) is 12.8 Å². The minimum absolute atomic E-state index is 0.00973. The molecule has 1 aromatic carbocycles. The zero-order valence-corrected chi connectivity index (χ0v) is 13.2. The molecule has 5 nitrogen and oxygen atoms in total.